The molecule has 10 heteroatoms. The van der Waals surface area contributed by atoms with Gasteiger partial charge in [0.25, 0.3) is 0 Å². The number of esters is 1. The molecule has 1 amide bonds. The van der Waals surface area contributed by atoms with Gasteiger partial charge in [-0.25, -0.2) is 9.79 Å². The van der Waals surface area contributed by atoms with Crippen LogP contribution in [0.1, 0.15) is 47.5 Å². The number of aliphatic hydroxyl groups is 2. The fourth-order valence-electron chi connectivity index (χ4n) is 3.65. The third-order valence-corrected chi connectivity index (χ3v) is 4.97. The molecule has 0 radical (unpaired) electrons. The molecule has 172 valence electrons. The molecule has 0 aliphatic heterocycles. The molecular weight excluding hydrogens is 392 g/mol. The van der Waals surface area contributed by atoms with Crippen LogP contribution in [-0.4, -0.2) is 78.2 Å². The summed E-state index contributed by atoms with van der Waals surface area (Å²) in [6, 6.07) is -1.28. The van der Waals surface area contributed by atoms with Crippen molar-refractivity contribution in [2.45, 2.75) is 84.0 Å². The van der Waals surface area contributed by atoms with Gasteiger partial charge in [-0.2, -0.15) is 0 Å². The summed E-state index contributed by atoms with van der Waals surface area (Å²) in [7, 11) is 1.61. The van der Waals surface area contributed by atoms with Gasteiger partial charge in [-0.1, -0.05) is 6.92 Å². The second kappa shape index (κ2) is 11.9. The van der Waals surface area contributed by atoms with Crippen molar-refractivity contribution in [3.8, 4) is 0 Å². The smallest absolute Gasteiger partial charge is 0.334 e. The van der Waals surface area contributed by atoms with Crippen LogP contribution in [-0.2, 0) is 19.1 Å². The van der Waals surface area contributed by atoms with Crippen LogP contribution in [0.15, 0.2) is 16.1 Å². The van der Waals surface area contributed by atoms with E-state index in [2.05, 4.69) is 15.6 Å². The first-order valence-electron chi connectivity index (χ1n) is 10.3. The molecule has 10 nitrogen and oxygen atoms in total. The maximum Gasteiger partial charge on any atom is 0.334 e. The molecule has 5 atom stereocenters. The molecule has 0 saturated carbocycles. The van der Waals surface area contributed by atoms with E-state index in [1.54, 1.807) is 14.0 Å². The highest BCUT2D eigenvalue weighted by Crippen LogP contribution is 2.34. The SMILES string of the molecule is CCOC(=O)C1=C(CC)[C@@H](OC(C(C)O)C(C)O)[C@H](NC(C)=O)[C@@H](N=C(N)NC)C1. The van der Waals surface area contributed by atoms with Crippen molar-refractivity contribution in [3.05, 3.63) is 11.1 Å². The number of aliphatic hydroxyl groups excluding tert-OH is 2. The number of carbonyl (C=O) groups excluding carboxylic acids is 2. The fourth-order valence-corrected chi connectivity index (χ4v) is 3.65. The summed E-state index contributed by atoms with van der Waals surface area (Å²) in [4.78, 5) is 29.1. The summed E-state index contributed by atoms with van der Waals surface area (Å²) in [5.41, 5.74) is 6.89. The Bertz CT molecular complexity index is 654. The van der Waals surface area contributed by atoms with E-state index in [0.717, 1.165) is 0 Å². The van der Waals surface area contributed by atoms with Gasteiger partial charge in [0.1, 0.15) is 12.2 Å². The lowest BCUT2D eigenvalue weighted by Gasteiger charge is -2.41. The standard InChI is InChI=1S/C20H36N4O6/c1-7-13-14(19(28)29-8-2)9-15(24-20(21)22-6)16(23-12(5)27)18(13)30-17(10(3)25)11(4)26/h10-11,15-18,25-26H,7-9H2,1-6H3,(H,23,27)(H3,21,22,24)/t10?,11?,15-,16+,17?,18+/m0/s1. The molecule has 1 aliphatic rings. The van der Waals surface area contributed by atoms with E-state index < -0.39 is 42.5 Å². The average molecular weight is 429 g/mol. The van der Waals surface area contributed by atoms with Crippen LogP contribution in [0, 0.1) is 0 Å². The molecule has 6 N–H and O–H groups in total. The van der Waals surface area contributed by atoms with Crippen LogP contribution in [0.4, 0.5) is 0 Å². The number of amides is 1. The summed E-state index contributed by atoms with van der Waals surface area (Å²) in [6.07, 6.45) is -3.10. The molecule has 0 aromatic rings. The number of hydrogen-bond acceptors (Lipinski definition) is 7. The van der Waals surface area contributed by atoms with Crippen molar-refractivity contribution in [2.75, 3.05) is 13.7 Å². The molecule has 0 aromatic carbocycles. The van der Waals surface area contributed by atoms with E-state index in [1.165, 1.54) is 20.8 Å². The van der Waals surface area contributed by atoms with Gasteiger partial charge in [0.2, 0.25) is 5.91 Å². The van der Waals surface area contributed by atoms with Crippen molar-refractivity contribution in [2.24, 2.45) is 10.7 Å². The number of carbonyl (C=O) groups is 2. The third kappa shape index (κ3) is 6.68. The zero-order valence-corrected chi connectivity index (χ0v) is 18.6. The number of ether oxygens (including phenoxy) is 2. The van der Waals surface area contributed by atoms with Crippen LogP contribution in [0.25, 0.3) is 0 Å². The Hall–Kier alpha value is -2.17. The number of guanidine groups is 1. The van der Waals surface area contributed by atoms with Crippen molar-refractivity contribution >= 4 is 17.8 Å². The highest BCUT2D eigenvalue weighted by Gasteiger charge is 2.43. The largest absolute Gasteiger partial charge is 0.463 e. The Kier molecular flexibility index (Phi) is 10.2. The first-order valence-corrected chi connectivity index (χ1v) is 10.3. The molecule has 0 spiro atoms. The summed E-state index contributed by atoms with van der Waals surface area (Å²) < 4.78 is 11.3. The van der Waals surface area contributed by atoms with Crippen LogP contribution >= 0.6 is 0 Å². The van der Waals surface area contributed by atoms with Crippen LogP contribution in [0.5, 0.6) is 0 Å². The monoisotopic (exact) mass is 428 g/mol. The summed E-state index contributed by atoms with van der Waals surface area (Å²) in [5, 5.41) is 25.8. The van der Waals surface area contributed by atoms with Gasteiger partial charge in [-0.05, 0) is 32.8 Å². The second-order valence-corrected chi connectivity index (χ2v) is 7.34. The normalized spacial score (nSPS) is 25.3. The third-order valence-electron chi connectivity index (χ3n) is 4.97. The van der Waals surface area contributed by atoms with Gasteiger partial charge >= 0.3 is 5.97 Å². The molecule has 1 rings (SSSR count). The van der Waals surface area contributed by atoms with Gasteiger partial charge in [0.15, 0.2) is 5.96 Å². The number of hydrogen-bond donors (Lipinski definition) is 5. The Labute approximate surface area is 177 Å². The van der Waals surface area contributed by atoms with E-state index in [-0.39, 0.29) is 24.9 Å². The summed E-state index contributed by atoms with van der Waals surface area (Å²) >= 11 is 0. The van der Waals surface area contributed by atoms with Gasteiger partial charge < -0.3 is 36.1 Å². The number of rotatable bonds is 9. The number of nitrogens with zero attached hydrogens (tertiary/aromatic N) is 1. The molecule has 30 heavy (non-hydrogen) atoms. The van der Waals surface area contributed by atoms with Gasteiger partial charge in [-0.15, -0.1) is 0 Å². The van der Waals surface area contributed by atoms with E-state index in [0.29, 0.717) is 17.6 Å². The maximum atomic E-state index is 12.7. The first kappa shape index (κ1) is 25.9. The average Bonchev–Trinajstić information content (AvgIpc) is 2.66. The molecule has 0 saturated heterocycles. The van der Waals surface area contributed by atoms with Crippen LogP contribution < -0.4 is 16.4 Å². The Morgan fingerprint density at radius 2 is 1.87 bits per heavy atom. The number of nitrogens with one attached hydrogen (secondary N) is 2. The lowest BCUT2D eigenvalue weighted by molar-refractivity contribution is -0.140. The van der Waals surface area contributed by atoms with E-state index in [9.17, 15) is 19.8 Å². The second-order valence-electron chi connectivity index (χ2n) is 7.34. The summed E-state index contributed by atoms with van der Waals surface area (Å²) in [5.74, 6) is -0.657. The van der Waals surface area contributed by atoms with Crippen molar-refractivity contribution in [1.82, 2.24) is 10.6 Å². The Balaban J connectivity index is 3.59. The van der Waals surface area contributed by atoms with Gasteiger partial charge in [-0.3, -0.25) is 4.79 Å². The minimum atomic E-state index is -0.988. The molecular formula is C20H36N4O6. The Morgan fingerprint density at radius 3 is 2.30 bits per heavy atom. The quantitative estimate of drug-likeness (QED) is 0.188. The number of nitrogens with two attached hydrogens (primary N) is 1. The van der Waals surface area contributed by atoms with Crippen molar-refractivity contribution < 1.29 is 29.3 Å². The van der Waals surface area contributed by atoms with E-state index in [4.69, 9.17) is 15.2 Å². The van der Waals surface area contributed by atoms with E-state index >= 15 is 0 Å². The minimum Gasteiger partial charge on any atom is -0.463 e. The van der Waals surface area contributed by atoms with Crippen LogP contribution in [0.3, 0.4) is 0 Å². The van der Waals surface area contributed by atoms with Crippen molar-refractivity contribution in [1.29, 1.82) is 0 Å². The number of aliphatic imine (C=N–C) groups is 1. The molecule has 2 unspecified atom stereocenters. The molecule has 1 aliphatic carbocycles. The topological polar surface area (TPSA) is 156 Å². The lowest BCUT2D eigenvalue weighted by atomic mass is 9.80. The highest BCUT2D eigenvalue weighted by atomic mass is 16.5. The molecule has 0 aromatic heterocycles. The predicted molar refractivity (Wildman–Crippen MR) is 113 cm³/mol. The van der Waals surface area contributed by atoms with Crippen LogP contribution in [0.2, 0.25) is 0 Å². The molecule has 0 bridgehead atoms. The fraction of sp³-hybridized carbons (Fsp3) is 0.750. The van der Waals surface area contributed by atoms with E-state index in [1.807, 2.05) is 6.92 Å². The highest BCUT2D eigenvalue weighted by molar-refractivity contribution is 5.90. The zero-order valence-electron chi connectivity index (χ0n) is 18.6. The predicted octanol–water partition coefficient (Wildman–Crippen LogP) is -0.417. The summed E-state index contributed by atoms with van der Waals surface area (Å²) in [6.45, 7) is 8.16. The lowest BCUT2D eigenvalue weighted by Crippen LogP contribution is -2.57. The first-order chi connectivity index (χ1) is 14.1. The van der Waals surface area contributed by atoms with Gasteiger partial charge in [0, 0.05) is 26.0 Å². The zero-order chi connectivity index (χ0) is 23.0. The van der Waals surface area contributed by atoms with Crippen molar-refractivity contribution in [3.63, 3.8) is 0 Å². The van der Waals surface area contributed by atoms with Gasteiger partial charge in [0.05, 0.1) is 30.9 Å². The minimum absolute atomic E-state index is 0.139. The Morgan fingerprint density at radius 1 is 1.27 bits per heavy atom. The molecule has 0 fully saturated rings. The molecule has 0 heterocycles. The maximum absolute atomic E-state index is 12.7.